The van der Waals surface area contributed by atoms with Crippen molar-refractivity contribution in [3.8, 4) is 17.2 Å². The molecule has 3 aromatic rings. The molecule has 5 nitrogen and oxygen atoms in total. The van der Waals surface area contributed by atoms with E-state index in [-0.39, 0.29) is 30.3 Å². The van der Waals surface area contributed by atoms with Gasteiger partial charge in [-0.25, -0.2) is 0 Å². The maximum absolute atomic E-state index is 6.64. The van der Waals surface area contributed by atoms with Gasteiger partial charge in [-0.2, -0.15) is 0 Å². The zero-order valence-electron chi connectivity index (χ0n) is 24.4. The maximum Gasteiger partial charge on any atom is 0.274 e. The van der Waals surface area contributed by atoms with E-state index in [1.807, 2.05) is 23.9 Å². The Hall–Kier alpha value is -2.45. The van der Waals surface area contributed by atoms with Gasteiger partial charge in [-0.05, 0) is 65.5 Å². The van der Waals surface area contributed by atoms with Crippen LogP contribution in [0.25, 0.3) is 0 Å². The minimum atomic E-state index is -0.984. The molecule has 0 spiro atoms. The largest absolute Gasteiger partial charge is 0.542 e. The molecule has 0 fully saturated rings. The van der Waals surface area contributed by atoms with Crippen molar-refractivity contribution in [2.24, 2.45) is 0 Å². The van der Waals surface area contributed by atoms with E-state index in [2.05, 4.69) is 89.3 Å². The van der Waals surface area contributed by atoms with Gasteiger partial charge in [0.15, 0.2) is 13.6 Å². The average molecular weight is 566 g/mol. The lowest BCUT2D eigenvalue weighted by Crippen LogP contribution is -2.37. The van der Waals surface area contributed by atoms with Crippen LogP contribution in [0.1, 0.15) is 55.9 Å². The predicted molar refractivity (Wildman–Crippen MR) is 161 cm³/mol. The number of benzene rings is 3. The Bertz CT molecular complexity index is 1250. The van der Waals surface area contributed by atoms with Gasteiger partial charge in [0.25, 0.3) is 9.04 Å². The first kappa shape index (κ1) is 29.5. The second-order valence-electron chi connectivity index (χ2n) is 11.5. The van der Waals surface area contributed by atoms with Crippen LogP contribution in [0.15, 0.2) is 65.6 Å². The van der Waals surface area contributed by atoms with Gasteiger partial charge in [-0.1, -0.05) is 58.0 Å². The van der Waals surface area contributed by atoms with E-state index in [0.29, 0.717) is 0 Å². The number of methoxy groups -OCH3 is 2. The highest BCUT2D eigenvalue weighted by atomic mass is 32.2. The van der Waals surface area contributed by atoms with Crippen molar-refractivity contribution in [1.29, 1.82) is 0 Å². The van der Waals surface area contributed by atoms with Crippen molar-refractivity contribution in [2.75, 3.05) is 33.6 Å². The summed E-state index contributed by atoms with van der Waals surface area (Å²) in [7, 11) is 2.29. The fourth-order valence-electron chi connectivity index (χ4n) is 5.12. The standard InChI is InChI=1S/C32H41O5SSi/c1-31(2,3)23-11-15-26(28(17-23)37-39(7)8)30-27-16-14-25(36-21-34-6)18-29(27)38-19-32(30,4)22-9-12-24(13-10-22)35-20-33-5/h9-18,30H,19-21H2,1-8H3. The summed E-state index contributed by atoms with van der Waals surface area (Å²) < 4.78 is 28.3. The summed E-state index contributed by atoms with van der Waals surface area (Å²) in [6.45, 7) is 14.0. The van der Waals surface area contributed by atoms with E-state index in [0.717, 1.165) is 23.0 Å². The van der Waals surface area contributed by atoms with E-state index < -0.39 is 9.04 Å². The van der Waals surface area contributed by atoms with E-state index in [1.165, 1.54) is 27.1 Å². The molecule has 39 heavy (non-hydrogen) atoms. The third-order valence-electron chi connectivity index (χ3n) is 7.17. The molecule has 0 aromatic heterocycles. The Labute approximate surface area is 239 Å². The van der Waals surface area contributed by atoms with Crippen LogP contribution in [0.2, 0.25) is 13.1 Å². The van der Waals surface area contributed by atoms with Crippen molar-refractivity contribution in [2.45, 2.75) is 62.4 Å². The molecule has 0 N–H and O–H groups in total. The van der Waals surface area contributed by atoms with Gasteiger partial charge in [0, 0.05) is 41.8 Å². The normalized spacial score (nSPS) is 19.1. The molecule has 1 heterocycles. The van der Waals surface area contributed by atoms with Crippen LogP contribution in [0.5, 0.6) is 17.2 Å². The molecule has 0 saturated heterocycles. The minimum absolute atomic E-state index is 0.0281. The zero-order chi connectivity index (χ0) is 28.2. The predicted octanol–water partition coefficient (Wildman–Crippen LogP) is 7.77. The molecule has 7 heteroatoms. The highest BCUT2D eigenvalue weighted by Gasteiger charge is 2.44. The van der Waals surface area contributed by atoms with E-state index in [1.54, 1.807) is 14.2 Å². The Balaban J connectivity index is 1.88. The number of hydrogen-bond donors (Lipinski definition) is 0. The summed E-state index contributed by atoms with van der Waals surface area (Å²) in [5.74, 6) is 3.61. The second kappa shape index (κ2) is 12.4. The van der Waals surface area contributed by atoms with Crippen molar-refractivity contribution >= 4 is 20.8 Å². The van der Waals surface area contributed by atoms with Crippen LogP contribution >= 0.6 is 11.8 Å². The number of fused-ring (bicyclic) bond motifs is 1. The molecular formula is C32H41O5SSi. The number of ether oxygens (including phenoxy) is 4. The molecule has 0 saturated carbocycles. The average Bonchev–Trinajstić information content (AvgIpc) is 2.90. The third kappa shape index (κ3) is 6.65. The fourth-order valence-corrected chi connectivity index (χ4v) is 7.07. The quantitative estimate of drug-likeness (QED) is 0.185. The first-order chi connectivity index (χ1) is 18.6. The second-order valence-corrected chi connectivity index (χ2v) is 14.5. The third-order valence-corrected chi connectivity index (χ3v) is 9.20. The van der Waals surface area contributed by atoms with Gasteiger partial charge in [0.2, 0.25) is 0 Å². The molecule has 0 bridgehead atoms. The summed E-state index contributed by atoms with van der Waals surface area (Å²) in [4.78, 5) is 1.23. The van der Waals surface area contributed by atoms with Crippen LogP contribution in [0.4, 0.5) is 0 Å². The molecule has 3 aromatic carbocycles. The van der Waals surface area contributed by atoms with Crippen LogP contribution in [0.3, 0.4) is 0 Å². The van der Waals surface area contributed by atoms with Crippen LogP contribution in [-0.2, 0) is 20.3 Å². The zero-order valence-corrected chi connectivity index (χ0v) is 26.2. The minimum Gasteiger partial charge on any atom is -0.542 e. The van der Waals surface area contributed by atoms with Gasteiger partial charge in [-0.3, -0.25) is 0 Å². The monoisotopic (exact) mass is 565 g/mol. The van der Waals surface area contributed by atoms with E-state index >= 15 is 0 Å². The molecule has 1 aliphatic rings. The van der Waals surface area contributed by atoms with Crippen molar-refractivity contribution in [1.82, 2.24) is 0 Å². The summed E-state index contributed by atoms with van der Waals surface area (Å²) >= 11 is 1.88. The Morgan fingerprint density at radius 3 is 2.08 bits per heavy atom. The topological polar surface area (TPSA) is 46.2 Å². The van der Waals surface area contributed by atoms with Crippen LogP contribution < -0.4 is 13.9 Å². The highest BCUT2D eigenvalue weighted by Crippen LogP contribution is 2.55. The summed E-state index contributed by atoms with van der Waals surface area (Å²) in [6, 6.07) is 21.7. The smallest absolute Gasteiger partial charge is 0.274 e. The van der Waals surface area contributed by atoms with Crippen molar-refractivity contribution < 1.29 is 23.4 Å². The molecular weight excluding hydrogens is 525 g/mol. The fraction of sp³-hybridized carbons (Fsp3) is 0.438. The van der Waals surface area contributed by atoms with Gasteiger partial charge < -0.3 is 23.4 Å². The Morgan fingerprint density at radius 1 is 0.846 bits per heavy atom. The lowest BCUT2D eigenvalue weighted by atomic mass is 9.66. The summed E-state index contributed by atoms with van der Waals surface area (Å²) in [6.07, 6.45) is 0. The molecule has 0 amide bonds. The van der Waals surface area contributed by atoms with Gasteiger partial charge in [0.1, 0.15) is 17.2 Å². The first-order valence-electron chi connectivity index (χ1n) is 13.3. The number of hydrogen-bond acceptors (Lipinski definition) is 6. The van der Waals surface area contributed by atoms with Crippen LogP contribution in [0, 0.1) is 0 Å². The van der Waals surface area contributed by atoms with Crippen molar-refractivity contribution in [3.63, 3.8) is 0 Å². The number of thioether (sulfide) groups is 1. The molecule has 0 aliphatic carbocycles. The SMILES string of the molecule is COCOc1ccc(C2(C)CSc3cc(OCOC)ccc3C2c2ccc(C(C)(C)C)cc2O[Si](C)C)cc1. The highest BCUT2D eigenvalue weighted by molar-refractivity contribution is 7.99. The lowest BCUT2D eigenvalue weighted by Gasteiger charge is -2.44. The molecule has 1 radical (unpaired) electrons. The maximum atomic E-state index is 6.64. The lowest BCUT2D eigenvalue weighted by molar-refractivity contribution is 0.0508. The molecule has 4 rings (SSSR count). The van der Waals surface area contributed by atoms with Crippen molar-refractivity contribution in [3.05, 3.63) is 82.9 Å². The molecule has 2 atom stereocenters. The van der Waals surface area contributed by atoms with Gasteiger partial charge >= 0.3 is 0 Å². The summed E-state index contributed by atoms with van der Waals surface area (Å²) in [5.41, 5.74) is 4.89. The summed E-state index contributed by atoms with van der Waals surface area (Å²) in [5, 5.41) is 0. The van der Waals surface area contributed by atoms with Crippen LogP contribution in [-0.4, -0.2) is 42.6 Å². The Morgan fingerprint density at radius 2 is 1.46 bits per heavy atom. The van der Waals surface area contributed by atoms with E-state index in [4.69, 9.17) is 23.4 Å². The van der Waals surface area contributed by atoms with Gasteiger partial charge in [-0.15, -0.1) is 11.8 Å². The Kier molecular flexibility index (Phi) is 9.37. The first-order valence-corrected chi connectivity index (χ1v) is 16.7. The van der Waals surface area contributed by atoms with Gasteiger partial charge in [0.05, 0.1) is 0 Å². The molecule has 209 valence electrons. The van der Waals surface area contributed by atoms with E-state index in [9.17, 15) is 0 Å². The number of rotatable bonds is 10. The molecule has 1 aliphatic heterocycles. The molecule has 2 unspecified atom stereocenters.